The van der Waals surface area contributed by atoms with E-state index in [-0.39, 0.29) is 0 Å². The van der Waals surface area contributed by atoms with Crippen molar-refractivity contribution in [3.05, 3.63) is 0 Å². The Hall–Kier alpha value is 1.39. The SMILES string of the molecule is CC(CCl)[PH](C(C)CCl)(C(C)CCl)C(C)CCl.OCC(O)OC(O)CO. The minimum atomic E-state index is -1.74. The first-order chi connectivity index (χ1) is 12.1. The van der Waals surface area contributed by atoms with E-state index < -0.39 is 33.1 Å². The molecule has 0 aliphatic carbocycles. The first-order valence-electron chi connectivity index (χ1n) is 8.60. The van der Waals surface area contributed by atoms with Gasteiger partial charge in [-0.1, -0.05) is 0 Å². The minimum Gasteiger partial charge on any atom is -0.391 e. The van der Waals surface area contributed by atoms with Gasteiger partial charge in [-0.05, 0) is 0 Å². The summed E-state index contributed by atoms with van der Waals surface area (Å²) < 4.78 is 4.16. The number of hydrogen-bond acceptors (Lipinski definition) is 5. The Labute approximate surface area is 178 Å². The maximum Gasteiger partial charge on any atom is 0.181 e. The number of aliphatic hydroxyl groups excluding tert-OH is 4. The molecule has 0 heterocycles. The molecule has 162 valence electrons. The largest absolute Gasteiger partial charge is 0.391 e. The topological polar surface area (TPSA) is 90.2 Å². The van der Waals surface area contributed by atoms with E-state index >= 15 is 0 Å². The average molecular weight is 480 g/mol. The summed E-state index contributed by atoms with van der Waals surface area (Å²) in [6.45, 7) is 7.78. The molecule has 0 aliphatic heterocycles. The summed E-state index contributed by atoms with van der Waals surface area (Å²) in [5.74, 6) is 2.71. The van der Waals surface area contributed by atoms with E-state index in [4.69, 9.17) is 66.8 Å². The fourth-order valence-electron chi connectivity index (χ4n) is 3.72. The molecule has 0 rings (SSSR count). The zero-order chi connectivity index (χ0) is 20.9. The Bertz CT molecular complexity index is 290. The third kappa shape index (κ3) is 8.82. The smallest absolute Gasteiger partial charge is 0.181 e. The first kappa shape index (κ1) is 29.6. The molecule has 0 aliphatic rings. The third-order valence-electron chi connectivity index (χ3n) is 4.97. The van der Waals surface area contributed by atoms with Crippen LogP contribution in [0.15, 0.2) is 0 Å². The van der Waals surface area contributed by atoms with Crippen LogP contribution in [-0.2, 0) is 4.74 Å². The van der Waals surface area contributed by atoms with Gasteiger partial charge in [-0.3, -0.25) is 0 Å². The van der Waals surface area contributed by atoms with Crippen LogP contribution >= 0.6 is 53.7 Å². The van der Waals surface area contributed by atoms with Gasteiger partial charge in [0.15, 0.2) is 12.6 Å². The van der Waals surface area contributed by atoms with Gasteiger partial charge in [0.2, 0.25) is 0 Å². The van der Waals surface area contributed by atoms with Crippen LogP contribution in [0.2, 0.25) is 0 Å². The molecule has 0 aromatic carbocycles. The van der Waals surface area contributed by atoms with Crippen molar-refractivity contribution in [1.82, 2.24) is 0 Å². The predicted molar refractivity (Wildman–Crippen MR) is 116 cm³/mol. The van der Waals surface area contributed by atoms with Gasteiger partial charge in [0.05, 0.1) is 13.2 Å². The van der Waals surface area contributed by atoms with Crippen LogP contribution in [0.5, 0.6) is 0 Å². The van der Waals surface area contributed by atoms with Crippen molar-refractivity contribution in [1.29, 1.82) is 0 Å². The molecule has 6 atom stereocenters. The van der Waals surface area contributed by atoms with Crippen molar-refractivity contribution in [3.63, 3.8) is 0 Å². The molecule has 0 saturated carbocycles. The van der Waals surface area contributed by atoms with Gasteiger partial charge < -0.3 is 25.2 Å². The van der Waals surface area contributed by atoms with Crippen LogP contribution in [0.3, 0.4) is 0 Å². The summed E-state index contributed by atoms with van der Waals surface area (Å²) in [7, 11) is -1.74. The van der Waals surface area contributed by atoms with Gasteiger partial charge in [0, 0.05) is 0 Å². The van der Waals surface area contributed by atoms with E-state index in [0.717, 1.165) is 0 Å². The van der Waals surface area contributed by atoms with Gasteiger partial charge in [-0.2, -0.15) is 0 Å². The Balaban J connectivity index is 0. The standard InChI is InChI=1S/C12H25Cl4P.C4H10O5/c1-9(5-13)17(10(2)6-14,11(3)7-15)12(4)8-16;5-1-3(7)9-4(8)2-6/h9-12,17H,5-8H2,1-4H3;3-8H,1-2H2. The van der Waals surface area contributed by atoms with E-state index in [1.54, 1.807) is 0 Å². The molecule has 26 heavy (non-hydrogen) atoms. The summed E-state index contributed by atoms with van der Waals surface area (Å²) >= 11 is 24.6. The molecule has 0 amide bonds. The van der Waals surface area contributed by atoms with Gasteiger partial charge in [-0.15, -0.1) is 0 Å². The van der Waals surface area contributed by atoms with Gasteiger partial charge >= 0.3 is 128 Å². The second-order valence-corrected chi connectivity index (χ2v) is 13.8. The number of halogens is 4. The Morgan fingerprint density at radius 3 is 1.04 bits per heavy atom. The van der Waals surface area contributed by atoms with Crippen molar-refractivity contribution >= 4 is 53.7 Å². The number of alkyl halides is 4. The summed E-state index contributed by atoms with van der Waals surface area (Å²) in [6.07, 6.45) is -2.85. The van der Waals surface area contributed by atoms with Crippen LogP contribution in [-0.4, -0.2) is 92.4 Å². The maximum absolute atomic E-state index is 8.42. The number of aliphatic hydroxyl groups is 4. The Morgan fingerprint density at radius 2 is 0.885 bits per heavy atom. The minimum absolute atomic E-state index is 0.486. The van der Waals surface area contributed by atoms with E-state index in [0.29, 0.717) is 46.2 Å². The Kier molecular flexibility index (Phi) is 18.5. The molecule has 0 aromatic rings. The fraction of sp³-hybridized carbons (Fsp3) is 1.00. The quantitative estimate of drug-likeness (QED) is 0.196. The molecule has 5 nitrogen and oxygen atoms in total. The molecule has 0 radical (unpaired) electrons. The predicted octanol–water partition coefficient (Wildman–Crippen LogP) is 2.87. The molecular weight excluding hydrogens is 445 g/mol. The van der Waals surface area contributed by atoms with Crippen LogP contribution in [0, 0.1) is 0 Å². The van der Waals surface area contributed by atoms with Crippen LogP contribution in [0.25, 0.3) is 0 Å². The van der Waals surface area contributed by atoms with E-state index in [1.807, 2.05) is 0 Å². The second kappa shape index (κ2) is 16.2. The second-order valence-electron chi connectivity index (χ2n) is 6.63. The molecule has 0 aromatic heterocycles. The van der Waals surface area contributed by atoms with E-state index in [9.17, 15) is 0 Å². The van der Waals surface area contributed by atoms with E-state index in [1.165, 1.54) is 0 Å². The Morgan fingerprint density at radius 1 is 0.654 bits per heavy atom. The zero-order valence-corrected chi connectivity index (χ0v) is 19.9. The number of ether oxygens (including phenoxy) is 1. The van der Waals surface area contributed by atoms with Gasteiger partial charge in [0.1, 0.15) is 0 Å². The molecule has 10 heteroatoms. The van der Waals surface area contributed by atoms with Crippen LogP contribution in [0.1, 0.15) is 27.7 Å². The summed E-state index contributed by atoms with van der Waals surface area (Å²) in [4.78, 5) is 0. The van der Waals surface area contributed by atoms with Crippen LogP contribution in [0.4, 0.5) is 0 Å². The van der Waals surface area contributed by atoms with Crippen molar-refractivity contribution < 1.29 is 25.2 Å². The molecule has 0 spiro atoms. The van der Waals surface area contributed by atoms with Crippen molar-refractivity contribution in [3.8, 4) is 0 Å². The van der Waals surface area contributed by atoms with Crippen molar-refractivity contribution in [2.24, 2.45) is 0 Å². The number of rotatable bonds is 12. The van der Waals surface area contributed by atoms with E-state index in [2.05, 4.69) is 32.4 Å². The average Bonchev–Trinajstić information content (AvgIpc) is 2.67. The van der Waals surface area contributed by atoms with Gasteiger partial charge in [-0.25, -0.2) is 0 Å². The monoisotopic (exact) mass is 478 g/mol. The number of hydrogen-bond donors (Lipinski definition) is 4. The summed E-state index contributed by atoms with van der Waals surface area (Å²) in [5, 5.41) is 33.1. The van der Waals surface area contributed by atoms with Crippen molar-refractivity contribution in [2.75, 3.05) is 36.7 Å². The molecule has 0 saturated heterocycles. The molecule has 0 fully saturated rings. The zero-order valence-electron chi connectivity index (χ0n) is 15.9. The van der Waals surface area contributed by atoms with Gasteiger partial charge in [0.25, 0.3) is 0 Å². The summed E-state index contributed by atoms with van der Waals surface area (Å²) in [5.41, 5.74) is 1.95. The maximum atomic E-state index is 8.42. The van der Waals surface area contributed by atoms with Crippen molar-refractivity contribution in [2.45, 2.75) is 62.9 Å². The first-order valence-corrected chi connectivity index (χ1v) is 13.1. The third-order valence-corrected chi connectivity index (χ3v) is 15.5. The fourth-order valence-corrected chi connectivity index (χ4v) is 13.8. The molecular formula is C16H35Cl4O5P. The molecule has 4 N–H and O–H groups in total. The molecule has 0 bridgehead atoms. The summed E-state index contributed by atoms with van der Waals surface area (Å²) in [6, 6.07) is 0. The van der Waals surface area contributed by atoms with Crippen LogP contribution < -0.4 is 0 Å². The normalized spacial score (nSPS) is 19.5. The molecule has 6 unspecified atom stereocenters.